The molecule has 1 saturated heterocycles. The molecule has 1 amide bonds. The fourth-order valence-electron chi connectivity index (χ4n) is 3.39. The van der Waals surface area contributed by atoms with Gasteiger partial charge in [-0.25, -0.2) is 0 Å². The number of nitrogens with one attached hydrogen (secondary N) is 2. The molecule has 1 aliphatic heterocycles. The van der Waals surface area contributed by atoms with Crippen LogP contribution in [0.15, 0.2) is 42.5 Å². The molecule has 0 bridgehead atoms. The molecule has 8 nitrogen and oxygen atoms in total. The third-order valence-electron chi connectivity index (χ3n) is 5.00. The number of thiocarbonyl (C=S) groups is 1. The summed E-state index contributed by atoms with van der Waals surface area (Å²) in [6, 6.07) is 12.1. The summed E-state index contributed by atoms with van der Waals surface area (Å²) in [5, 5.41) is 17.2. The van der Waals surface area contributed by atoms with Crippen molar-refractivity contribution in [3.8, 4) is 0 Å². The number of nitro benzene ring substituents is 1. The van der Waals surface area contributed by atoms with Crippen LogP contribution in [0.25, 0.3) is 0 Å². The van der Waals surface area contributed by atoms with Crippen molar-refractivity contribution in [1.29, 1.82) is 0 Å². The highest BCUT2D eigenvalue weighted by Crippen LogP contribution is 2.31. The van der Waals surface area contributed by atoms with E-state index in [1.165, 1.54) is 6.07 Å². The van der Waals surface area contributed by atoms with E-state index in [0.717, 1.165) is 43.7 Å². The molecule has 2 N–H and O–H groups in total. The summed E-state index contributed by atoms with van der Waals surface area (Å²) in [6.45, 7) is 1.57. The predicted molar refractivity (Wildman–Crippen MR) is 124 cm³/mol. The summed E-state index contributed by atoms with van der Waals surface area (Å²) in [4.78, 5) is 27.7. The van der Waals surface area contributed by atoms with Gasteiger partial charge in [0.2, 0.25) is 0 Å². The summed E-state index contributed by atoms with van der Waals surface area (Å²) in [5.74, 6) is -0.495. The zero-order valence-corrected chi connectivity index (χ0v) is 17.9. The molecule has 9 heteroatoms. The van der Waals surface area contributed by atoms with E-state index in [1.54, 1.807) is 12.1 Å². The van der Waals surface area contributed by atoms with Crippen LogP contribution in [0.2, 0.25) is 0 Å². The van der Waals surface area contributed by atoms with Gasteiger partial charge in [-0.3, -0.25) is 20.2 Å². The van der Waals surface area contributed by atoms with E-state index in [4.69, 9.17) is 12.2 Å². The molecular weight excluding hydrogens is 402 g/mol. The summed E-state index contributed by atoms with van der Waals surface area (Å²) in [6.07, 6.45) is 3.15. The first-order chi connectivity index (χ1) is 14.3. The lowest BCUT2D eigenvalue weighted by molar-refractivity contribution is -0.384. The molecule has 0 atom stereocenters. The number of carbonyl (C=O) groups is 1. The van der Waals surface area contributed by atoms with Crippen LogP contribution in [0.3, 0.4) is 0 Å². The second-order valence-corrected chi connectivity index (χ2v) is 7.77. The number of rotatable bonds is 5. The quantitative estimate of drug-likeness (QED) is 0.426. The van der Waals surface area contributed by atoms with Crippen LogP contribution < -0.4 is 20.4 Å². The fraction of sp³-hybridized carbons (Fsp3) is 0.333. The molecule has 1 aliphatic rings. The van der Waals surface area contributed by atoms with E-state index in [-0.39, 0.29) is 16.4 Å². The largest absolute Gasteiger partial charge is 0.378 e. The normalized spacial score (nSPS) is 13.5. The first-order valence-electron chi connectivity index (χ1n) is 9.78. The number of carbonyl (C=O) groups excluding carboxylic acids is 1. The molecule has 0 radical (unpaired) electrons. The lowest BCUT2D eigenvalue weighted by atomic mass is 10.1. The molecule has 1 heterocycles. The van der Waals surface area contributed by atoms with E-state index in [0.29, 0.717) is 5.69 Å². The van der Waals surface area contributed by atoms with Crippen molar-refractivity contribution in [2.24, 2.45) is 0 Å². The van der Waals surface area contributed by atoms with Gasteiger partial charge in [0.15, 0.2) is 5.11 Å². The molecule has 0 aromatic heterocycles. The van der Waals surface area contributed by atoms with Crippen LogP contribution in [0.4, 0.5) is 22.7 Å². The van der Waals surface area contributed by atoms with Gasteiger partial charge in [0.25, 0.3) is 11.6 Å². The summed E-state index contributed by atoms with van der Waals surface area (Å²) in [5.41, 5.74) is 2.45. The van der Waals surface area contributed by atoms with Gasteiger partial charge in [0, 0.05) is 50.2 Å². The maximum absolute atomic E-state index is 12.6. The van der Waals surface area contributed by atoms with E-state index < -0.39 is 10.8 Å². The zero-order chi connectivity index (χ0) is 21.7. The summed E-state index contributed by atoms with van der Waals surface area (Å²) >= 11 is 5.21. The number of hydrogen-bond acceptors (Lipinski definition) is 6. The zero-order valence-electron chi connectivity index (χ0n) is 17.1. The Balaban J connectivity index is 1.69. The molecule has 0 spiro atoms. The summed E-state index contributed by atoms with van der Waals surface area (Å²) in [7, 11) is 3.89. The standard InChI is InChI=1S/C21H25N5O3S/c1-24(2)17-9-7-16(8-10-17)22-21(30)23-20(27)15-6-11-18(19(14-15)26(28)29)25-12-4-3-5-13-25/h6-11,14H,3-5,12-13H2,1-2H3,(H2,22,23,27,30). The topological polar surface area (TPSA) is 90.8 Å². The van der Waals surface area contributed by atoms with Crippen LogP contribution in [0.1, 0.15) is 29.6 Å². The Morgan fingerprint density at radius 3 is 2.37 bits per heavy atom. The van der Waals surface area contributed by atoms with E-state index >= 15 is 0 Å². The molecule has 0 saturated carbocycles. The van der Waals surface area contributed by atoms with Gasteiger partial charge in [-0.2, -0.15) is 0 Å². The SMILES string of the molecule is CN(C)c1ccc(NC(=S)NC(=O)c2ccc(N3CCCCC3)c([N+](=O)[O-])c2)cc1. The Hall–Kier alpha value is -3.20. The average molecular weight is 428 g/mol. The van der Waals surface area contributed by atoms with Gasteiger partial charge in [0.1, 0.15) is 5.69 Å². The monoisotopic (exact) mass is 427 g/mol. The van der Waals surface area contributed by atoms with Gasteiger partial charge in [-0.05, 0) is 67.9 Å². The van der Waals surface area contributed by atoms with Crippen molar-refractivity contribution < 1.29 is 9.72 Å². The number of amides is 1. The number of hydrogen-bond donors (Lipinski definition) is 2. The van der Waals surface area contributed by atoms with E-state index in [2.05, 4.69) is 10.6 Å². The minimum absolute atomic E-state index is 0.0669. The number of piperidine rings is 1. The number of nitrogens with zero attached hydrogens (tertiary/aromatic N) is 3. The third kappa shape index (κ3) is 5.24. The fourth-order valence-corrected chi connectivity index (χ4v) is 3.60. The highest BCUT2D eigenvalue weighted by molar-refractivity contribution is 7.80. The van der Waals surface area contributed by atoms with Gasteiger partial charge >= 0.3 is 0 Å². The smallest absolute Gasteiger partial charge is 0.293 e. The second-order valence-electron chi connectivity index (χ2n) is 7.36. The average Bonchev–Trinajstić information content (AvgIpc) is 2.74. The first-order valence-corrected chi connectivity index (χ1v) is 10.2. The Bertz CT molecular complexity index is 940. The van der Waals surface area contributed by atoms with Gasteiger partial charge in [-0.1, -0.05) is 0 Å². The summed E-state index contributed by atoms with van der Waals surface area (Å²) < 4.78 is 0. The van der Waals surface area contributed by atoms with Crippen molar-refractivity contribution in [1.82, 2.24) is 5.32 Å². The van der Waals surface area contributed by atoms with Crippen molar-refractivity contribution >= 4 is 46.0 Å². The Labute approximate surface area is 181 Å². The minimum atomic E-state index is -0.495. The predicted octanol–water partition coefficient (Wildman–Crippen LogP) is 3.78. The Morgan fingerprint density at radius 1 is 1.10 bits per heavy atom. The molecule has 0 unspecified atom stereocenters. The Morgan fingerprint density at radius 2 is 1.77 bits per heavy atom. The molecule has 2 aromatic carbocycles. The van der Waals surface area contributed by atoms with Gasteiger partial charge in [-0.15, -0.1) is 0 Å². The lowest BCUT2D eigenvalue weighted by Gasteiger charge is -2.28. The van der Waals surface area contributed by atoms with E-state index in [9.17, 15) is 14.9 Å². The molecule has 3 rings (SSSR count). The maximum Gasteiger partial charge on any atom is 0.293 e. The molecular formula is C21H25N5O3S. The van der Waals surface area contributed by atoms with Gasteiger partial charge < -0.3 is 15.1 Å². The number of nitro groups is 1. The van der Waals surface area contributed by atoms with Gasteiger partial charge in [0.05, 0.1) is 4.92 Å². The second kappa shape index (κ2) is 9.53. The molecule has 0 aliphatic carbocycles. The van der Waals surface area contributed by atoms with Crippen LogP contribution in [0.5, 0.6) is 0 Å². The third-order valence-corrected chi connectivity index (χ3v) is 5.20. The molecule has 2 aromatic rings. The molecule has 158 valence electrons. The van der Waals surface area contributed by atoms with Crippen molar-refractivity contribution in [2.45, 2.75) is 19.3 Å². The van der Waals surface area contributed by atoms with Crippen molar-refractivity contribution in [2.75, 3.05) is 42.3 Å². The maximum atomic E-state index is 12.6. The highest BCUT2D eigenvalue weighted by atomic mass is 32.1. The molecule has 1 fully saturated rings. The lowest BCUT2D eigenvalue weighted by Crippen LogP contribution is -2.34. The van der Waals surface area contributed by atoms with Crippen molar-refractivity contribution in [3.05, 3.63) is 58.1 Å². The van der Waals surface area contributed by atoms with Crippen LogP contribution in [0, 0.1) is 10.1 Å². The van der Waals surface area contributed by atoms with Crippen molar-refractivity contribution in [3.63, 3.8) is 0 Å². The molecule has 30 heavy (non-hydrogen) atoms. The highest BCUT2D eigenvalue weighted by Gasteiger charge is 2.23. The van der Waals surface area contributed by atoms with E-state index in [1.807, 2.05) is 48.2 Å². The first kappa shape index (κ1) is 21.5. The number of benzene rings is 2. The minimum Gasteiger partial charge on any atom is -0.378 e. The van der Waals surface area contributed by atoms with Crippen LogP contribution in [-0.2, 0) is 0 Å². The Kier molecular flexibility index (Phi) is 6.83. The van der Waals surface area contributed by atoms with Crippen LogP contribution in [-0.4, -0.2) is 43.1 Å². The van der Waals surface area contributed by atoms with Crippen LogP contribution >= 0.6 is 12.2 Å². The number of anilines is 3.